The van der Waals surface area contributed by atoms with Crippen molar-refractivity contribution in [2.24, 2.45) is 5.92 Å². The normalized spacial score (nSPS) is 23.5. The number of benzene rings is 1. The van der Waals surface area contributed by atoms with E-state index in [2.05, 4.69) is 45.5 Å². The number of thiazole rings is 1. The number of ether oxygens (including phenoxy) is 1. The third-order valence-corrected chi connectivity index (χ3v) is 6.41. The molecule has 6 nitrogen and oxygen atoms in total. The standard InChI is InChI=1S/C20H27N3OS.C2HF3O2/c1-2-5-17(6-3-1)7-11-23-10-4-8-20(16-23)13-18(15-24-20)14-22-19-21-9-12-25-19;3-2(4,5)1(6)7/h1-3,5-6,9,12,18H,4,7-8,10-11,13-16H2,(H,21,22);(H,6,7). The average molecular weight is 472 g/mol. The molecule has 2 saturated heterocycles. The molecule has 2 unspecified atom stereocenters. The number of hydrogen-bond donors (Lipinski definition) is 2. The highest BCUT2D eigenvalue weighted by atomic mass is 32.1. The Kier molecular flexibility index (Phi) is 8.50. The minimum absolute atomic E-state index is 0.0875. The van der Waals surface area contributed by atoms with Crippen LogP contribution in [0.15, 0.2) is 41.9 Å². The number of aromatic nitrogens is 1. The van der Waals surface area contributed by atoms with Crippen LogP contribution < -0.4 is 5.32 Å². The Balaban J connectivity index is 0.000000360. The summed E-state index contributed by atoms with van der Waals surface area (Å²) in [6.45, 7) is 5.29. The topological polar surface area (TPSA) is 74.7 Å². The highest BCUT2D eigenvalue weighted by Crippen LogP contribution is 2.37. The summed E-state index contributed by atoms with van der Waals surface area (Å²) in [6, 6.07) is 10.8. The minimum Gasteiger partial charge on any atom is -0.475 e. The Bertz CT molecular complexity index is 836. The molecule has 0 radical (unpaired) electrons. The second kappa shape index (κ2) is 11.1. The van der Waals surface area contributed by atoms with Crippen LogP contribution in [0.25, 0.3) is 0 Å². The molecule has 1 spiro atoms. The number of rotatable bonds is 6. The second-order valence-electron chi connectivity index (χ2n) is 8.20. The van der Waals surface area contributed by atoms with Crippen molar-refractivity contribution in [1.82, 2.24) is 9.88 Å². The Morgan fingerprint density at radius 3 is 2.75 bits per heavy atom. The van der Waals surface area contributed by atoms with Gasteiger partial charge in [0.25, 0.3) is 0 Å². The van der Waals surface area contributed by atoms with Gasteiger partial charge in [0, 0.05) is 37.1 Å². The van der Waals surface area contributed by atoms with Crippen molar-refractivity contribution >= 4 is 22.4 Å². The smallest absolute Gasteiger partial charge is 0.475 e. The van der Waals surface area contributed by atoms with Gasteiger partial charge in [-0.25, -0.2) is 9.78 Å². The van der Waals surface area contributed by atoms with Gasteiger partial charge in [-0.3, -0.25) is 0 Å². The number of nitrogens with one attached hydrogen (secondary N) is 1. The fourth-order valence-electron chi connectivity index (χ4n) is 4.21. The van der Waals surface area contributed by atoms with Crippen LogP contribution in [-0.2, 0) is 16.0 Å². The predicted octanol–water partition coefficient (Wildman–Crippen LogP) is 4.30. The molecule has 2 aromatic rings. The number of aliphatic carboxylic acids is 1. The van der Waals surface area contributed by atoms with Gasteiger partial charge in [-0.1, -0.05) is 30.3 Å². The van der Waals surface area contributed by atoms with Crippen molar-refractivity contribution in [2.45, 2.75) is 37.5 Å². The molecule has 0 saturated carbocycles. The lowest BCUT2D eigenvalue weighted by atomic mass is 9.86. The summed E-state index contributed by atoms with van der Waals surface area (Å²) in [5, 5.41) is 13.6. The van der Waals surface area contributed by atoms with Crippen LogP contribution in [0.2, 0.25) is 0 Å². The van der Waals surface area contributed by atoms with Gasteiger partial charge < -0.3 is 20.1 Å². The number of piperidine rings is 1. The molecule has 10 heteroatoms. The SMILES string of the molecule is O=C(O)C(F)(F)F.c1ccc(CCN2CCCC3(CC(CNc4nccs4)CO3)C2)cc1. The molecule has 176 valence electrons. The molecule has 3 heterocycles. The summed E-state index contributed by atoms with van der Waals surface area (Å²) >= 11 is 1.67. The maximum Gasteiger partial charge on any atom is 0.490 e. The summed E-state index contributed by atoms with van der Waals surface area (Å²) in [5.74, 6) is -2.16. The first kappa shape index (κ1) is 24.5. The molecule has 2 fully saturated rings. The fourth-order valence-corrected chi connectivity index (χ4v) is 4.75. The number of carbonyl (C=O) groups is 1. The van der Waals surface area contributed by atoms with E-state index in [0.717, 1.165) is 37.8 Å². The van der Waals surface area contributed by atoms with E-state index in [0.29, 0.717) is 5.92 Å². The Hall–Kier alpha value is -2.17. The molecule has 32 heavy (non-hydrogen) atoms. The summed E-state index contributed by atoms with van der Waals surface area (Å²) in [6.07, 6.45) is 1.54. The van der Waals surface area contributed by atoms with Crippen LogP contribution in [0.4, 0.5) is 18.3 Å². The zero-order valence-corrected chi connectivity index (χ0v) is 18.5. The van der Waals surface area contributed by atoms with E-state index in [1.54, 1.807) is 11.3 Å². The largest absolute Gasteiger partial charge is 0.490 e. The lowest BCUT2D eigenvalue weighted by molar-refractivity contribution is -0.192. The molecule has 2 N–H and O–H groups in total. The quantitative estimate of drug-likeness (QED) is 0.654. The predicted molar refractivity (Wildman–Crippen MR) is 117 cm³/mol. The molecule has 1 aromatic heterocycles. The van der Waals surface area contributed by atoms with Crippen molar-refractivity contribution < 1.29 is 27.8 Å². The van der Waals surface area contributed by atoms with E-state index >= 15 is 0 Å². The van der Waals surface area contributed by atoms with E-state index in [9.17, 15) is 13.2 Å². The van der Waals surface area contributed by atoms with Crippen molar-refractivity contribution in [2.75, 3.05) is 38.1 Å². The van der Waals surface area contributed by atoms with E-state index < -0.39 is 12.1 Å². The monoisotopic (exact) mass is 471 g/mol. The zero-order chi connectivity index (χ0) is 23.0. The van der Waals surface area contributed by atoms with Gasteiger partial charge in [-0.05, 0) is 37.8 Å². The molecule has 4 rings (SSSR count). The Morgan fingerprint density at radius 2 is 2.09 bits per heavy atom. The van der Waals surface area contributed by atoms with Crippen LogP contribution in [0, 0.1) is 5.92 Å². The molecular formula is C22H28F3N3O3S. The molecule has 0 amide bonds. The zero-order valence-electron chi connectivity index (χ0n) is 17.7. The number of alkyl halides is 3. The molecular weight excluding hydrogens is 443 g/mol. The fraction of sp³-hybridized carbons (Fsp3) is 0.545. The summed E-state index contributed by atoms with van der Waals surface area (Å²) < 4.78 is 38.1. The third kappa shape index (κ3) is 7.46. The van der Waals surface area contributed by atoms with Gasteiger partial charge in [-0.2, -0.15) is 13.2 Å². The first-order chi connectivity index (χ1) is 15.3. The van der Waals surface area contributed by atoms with Gasteiger partial charge in [0.2, 0.25) is 0 Å². The van der Waals surface area contributed by atoms with Crippen LogP contribution in [0.3, 0.4) is 0 Å². The van der Waals surface area contributed by atoms with Crippen molar-refractivity contribution in [3.63, 3.8) is 0 Å². The van der Waals surface area contributed by atoms with Crippen LogP contribution >= 0.6 is 11.3 Å². The molecule has 1 aromatic carbocycles. The third-order valence-electron chi connectivity index (χ3n) is 5.68. The van der Waals surface area contributed by atoms with Crippen molar-refractivity contribution in [3.05, 3.63) is 47.5 Å². The van der Waals surface area contributed by atoms with Crippen molar-refractivity contribution in [3.8, 4) is 0 Å². The number of carboxylic acid groups (broad SMARTS) is 1. The highest BCUT2D eigenvalue weighted by molar-refractivity contribution is 7.13. The van der Waals surface area contributed by atoms with E-state index in [1.165, 1.54) is 31.4 Å². The van der Waals surface area contributed by atoms with Crippen molar-refractivity contribution in [1.29, 1.82) is 0 Å². The minimum atomic E-state index is -5.08. The molecule has 2 aliphatic heterocycles. The maximum atomic E-state index is 10.6. The summed E-state index contributed by atoms with van der Waals surface area (Å²) in [5.41, 5.74) is 1.52. The van der Waals surface area contributed by atoms with Crippen LogP contribution in [0.5, 0.6) is 0 Å². The summed E-state index contributed by atoms with van der Waals surface area (Å²) in [4.78, 5) is 15.8. The average Bonchev–Trinajstić information content (AvgIpc) is 3.42. The lowest BCUT2D eigenvalue weighted by Gasteiger charge is -2.40. The van der Waals surface area contributed by atoms with Crippen LogP contribution in [0.1, 0.15) is 24.8 Å². The van der Waals surface area contributed by atoms with Gasteiger partial charge >= 0.3 is 12.1 Å². The Labute approximate surface area is 189 Å². The number of likely N-dealkylation sites (tertiary alicyclic amines) is 1. The number of halogens is 3. The van der Waals surface area contributed by atoms with E-state index in [1.807, 2.05) is 11.6 Å². The number of anilines is 1. The van der Waals surface area contributed by atoms with Gasteiger partial charge in [0.15, 0.2) is 5.13 Å². The van der Waals surface area contributed by atoms with Gasteiger partial charge in [-0.15, -0.1) is 11.3 Å². The highest BCUT2D eigenvalue weighted by Gasteiger charge is 2.43. The van der Waals surface area contributed by atoms with Gasteiger partial charge in [0.1, 0.15) is 0 Å². The second-order valence-corrected chi connectivity index (χ2v) is 9.10. The molecule has 0 aliphatic carbocycles. The van der Waals surface area contributed by atoms with E-state index in [4.69, 9.17) is 14.6 Å². The Morgan fingerprint density at radius 1 is 1.34 bits per heavy atom. The first-order valence-corrected chi connectivity index (χ1v) is 11.5. The summed E-state index contributed by atoms with van der Waals surface area (Å²) in [7, 11) is 0. The van der Waals surface area contributed by atoms with Crippen LogP contribution in [-0.4, -0.2) is 65.5 Å². The molecule has 2 atom stereocenters. The molecule has 0 bridgehead atoms. The first-order valence-electron chi connectivity index (χ1n) is 10.6. The lowest BCUT2D eigenvalue weighted by Crippen LogP contribution is -2.48. The number of carboxylic acids is 1. The van der Waals surface area contributed by atoms with Gasteiger partial charge in [0.05, 0.1) is 12.2 Å². The molecule has 2 aliphatic rings. The van der Waals surface area contributed by atoms with E-state index in [-0.39, 0.29) is 5.60 Å². The number of nitrogens with zero attached hydrogens (tertiary/aromatic N) is 2. The maximum absolute atomic E-state index is 10.6. The number of hydrogen-bond acceptors (Lipinski definition) is 6.